The van der Waals surface area contributed by atoms with Crippen LogP contribution in [0.3, 0.4) is 0 Å². The Hall–Kier alpha value is -3.45. The Morgan fingerprint density at radius 1 is 1.25 bits per heavy atom. The molecule has 1 heterocycles. The van der Waals surface area contributed by atoms with Gasteiger partial charge in [0.2, 0.25) is 5.91 Å². The third kappa shape index (κ3) is 3.91. The molecule has 3 N–H and O–H groups in total. The van der Waals surface area contributed by atoms with Crippen molar-refractivity contribution in [3.63, 3.8) is 0 Å². The lowest BCUT2D eigenvalue weighted by Gasteiger charge is -2.36. The van der Waals surface area contributed by atoms with Gasteiger partial charge in [-0.1, -0.05) is 23.7 Å². The summed E-state index contributed by atoms with van der Waals surface area (Å²) in [5.41, 5.74) is 7.92. The normalized spacial score (nSPS) is 15.8. The molecule has 0 unspecified atom stereocenters. The molecular weight excluding hydrogens is 433 g/mol. The van der Waals surface area contributed by atoms with Crippen LogP contribution in [0.15, 0.2) is 54.7 Å². The minimum absolute atomic E-state index is 0.0698. The first kappa shape index (κ1) is 21.8. The molecule has 2 aromatic carbocycles. The molecule has 0 bridgehead atoms. The van der Waals surface area contributed by atoms with Crippen molar-refractivity contribution in [2.24, 2.45) is 5.73 Å². The summed E-state index contributed by atoms with van der Waals surface area (Å²) >= 11 is 6.12. The molecule has 1 aromatic heterocycles. The quantitative estimate of drug-likeness (QED) is 0.603. The molecule has 0 saturated heterocycles. The van der Waals surface area contributed by atoms with Crippen molar-refractivity contribution in [1.29, 1.82) is 0 Å². The zero-order valence-corrected chi connectivity index (χ0v) is 18.0. The molecule has 8 heteroatoms. The molecule has 3 aromatic rings. The molecule has 0 saturated carbocycles. The van der Waals surface area contributed by atoms with E-state index in [9.17, 15) is 19.1 Å². The Morgan fingerprint density at radius 3 is 2.72 bits per heavy atom. The van der Waals surface area contributed by atoms with Gasteiger partial charge in [0.1, 0.15) is 17.6 Å². The van der Waals surface area contributed by atoms with Gasteiger partial charge in [0.15, 0.2) is 0 Å². The van der Waals surface area contributed by atoms with Crippen LogP contribution in [0.1, 0.15) is 51.2 Å². The van der Waals surface area contributed by atoms with E-state index in [-0.39, 0.29) is 10.8 Å². The van der Waals surface area contributed by atoms with Crippen molar-refractivity contribution in [1.82, 2.24) is 9.88 Å². The maximum absolute atomic E-state index is 14.6. The number of carbonyl (C=O) groups is 2. The third-order valence-corrected chi connectivity index (χ3v) is 5.98. The van der Waals surface area contributed by atoms with Gasteiger partial charge < -0.3 is 15.7 Å². The molecular formula is C24H21ClFN3O3. The largest absolute Gasteiger partial charge is 0.508 e. The molecule has 2 amide bonds. The third-order valence-electron chi connectivity index (χ3n) is 5.76. The van der Waals surface area contributed by atoms with Gasteiger partial charge in [0.25, 0.3) is 5.91 Å². The van der Waals surface area contributed by atoms with Gasteiger partial charge in [0.05, 0.1) is 11.6 Å². The smallest absolute Gasteiger partial charge is 0.257 e. The fourth-order valence-electron chi connectivity index (χ4n) is 4.35. The molecule has 0 fully saturated rings. The molecule has 1 aliphatic rings. The number of hydrogen-bond donors (Lipinski definition) is 2. The van der Waals surface area contributed by atoms with Crippen LogP contribution >= 0.6 is 11.6 Å². The second-order valence-electron chi connectivity index (χ2n) is 7.76. The fraction of sp³-hybridized carbons (Fsp3) is 0.208. The number of phenolic OH excluding ortho intramolecular Hbond substituents is 1. The van der Waals surface area contributed by atoms with Crippen molar-refractivity contribution in [2.45, 2.75) is 31.8 Å². The average molecular weight is 454 g/mol. The summed E-state index contributed by atoms with van der Waals surface area (Å²) in [5, 5.41) is 10.2. The van der Waals surface area contributed by atoms with Crippen LogP contribution in [0.5, 0.6) is 5.75 Å². The van der Waals surface area contributed by atoms with Gasteiger partial charge in [-0.15, -0.1) is 0 Å². The monoisotopic (exact) mass is 453 g/mol. The molecule has 1 aliphatic carbocycles. The summed E-state index contributed by atoms with van der Waals surface area (Å²) in [7, 11) is 0. The number of pyridine rings is 1. The molecule has 164 valence electrons. The van der Waals surface area contributed by atoms with Crippen LogP contribution in [0.2, 0.25) is 5.02 Å². The highest BCUT2D eigenvalue weighted by atomic mass is 35.5. The predicted octanol–water partition coefficient (Wildman–Crippen LogP) is 4.24. The van der Waals surface area contributed by atoms with Crippen LogP contribution in [0, 0.1) is 12.7 Å². The van der Waals surface area contributed by atoms with E-state index in [1.54, 1.807) is 43.5 Å². The van der Waals surface area contributed by atoms with Crippen molar-refractivity contribution < 1.29 is 19.1 Å². The van der Waals surface area contributed by atoms with Gasteiger partial charge >= 0.3 is 0 Å². The van der Waals surface area contributed by atoms with E-state index in [2.05, 4.69) is 4.98 Å². The van der Waals surface area contributed by atoms with Crippen molar-refractivity contribution in [2.75, 3.05) is 0 Å². The number of carbonyl (C=O) groups excluding carboxylic acids is 2. The maximum atomic E-state index is 14.6. The Balaban J connectivity index is 1.91. The maximum Gasteiger partial charge on any atom is 0.257 e. The van der Waals surface area contributed by atoms with E-state index in [1.807, 2.05) is 0 Å². The number of nitrogens with zero attached hydrogens (tertiary/aromatic N) is 2. The Morgan fingerprint density at radius 2 is 2.03 bits per heavy atom. The number of primary amides is 1. The Kier molecular flexibility index (Phi) is 5.84. The number of aromatic nitrogens is 1. The lowest BCUT2D eigenvalue weighted by molar-refractivity contribution is -0.123. The fourth-order valence-corrected chi connectivity index (χ4v) is 4.57. The highest BCUT2D eigenvalue weighted by Crippen LogP contribution is 2.43. The van der Waals surface area contributed by atoms with Crippen LogP contribution in [0.4, 0.5) is 4.39 Å². The molecule has 0 aliphatic heterocycles. The average Bonchev–Trinajstić information content (AvgIpc) is 3.15. The van der Waals surface area contributed by atoms with E-state index in [4.69, 9.17) is 17.3 Å². The standard InChI is InChI=1S/C24H21ClFN3O3/c1-13-17(6-3-9-28-13)24(32)29(22(23(27)31)14-4-2-5-16(30)10-14)21-8-7-18-19(21)11-15(25)12-20(18)26/h2-6,9-12,21-22,30H,7-8H2,1H3,(H2,27,31)/t21-,22-/m1/s1. The lowest BCUT2D eigenvalue weighted by atomic mass is 9.97. The first-order valence-corrected chi connectivity index (χ1v) is 10.5. The number of benzene rings is 2. The molecule has 2 atom stereocenters. The second kappa shape index (κ2) is 8.59. The van der Waals surface area contributed by atoms with Crippen LogP contribution in [0.25, 0.3) is 0 Å². The number of hydrogen-bond acceptors (Lipinski definition) is 4. The molecule has 0 radical (unpaired) electrons. The summed E-state index contributed by atoms with van der Waals surface area (Å²) in [6, 6.07) is 10.3. The molecule has 0 spiro atoms. The van der Waals surface area contributed by atoms with Gasteiger partial charge in [-0.2, -0.15) is 0 Å². The van der Waals surface area contributed by atoms with E-state index in [0.717, 1.165) is 0 Å². The summed E-state index contributed by atoms with van der Waals surface area (Å²) in [6.45, 7) is 1.69. The number of halogens is 2. The number of rotatable bonds is 5. The van der Waals surface area contributed by atoms with Crippen LogP contribution in [-0.4, -0.2) is 26.8 Å². The minimum Gasteiger partial charge on any atom is -0.508 e. The SMILES string of the molecule is Cc1ncccc1C(=O)N([C@@H]1CCc2c(F)cc(Cl)cc21)[C@@H](C(N)=O)c1cccc(O)c1. The Labute approximate surface area is 189 Å². The highest BCUT2D eigenvalue weighted by molar-refractivity contribution is 6.30. The van der Waals surface area contributed by atoms with Crippen molar-refractivity contribution in [3.05, 3.63) is 93.5 Å². The first-order valence-electron chi connectivity index (χ1n) is 10.1. The van der Waals surface area contributed by atoms with E-state index < -0.39 is 29.7 Å². The van der Waals surface area contributed by atoms with Crippen LogP contribution in [-0.2, 0) is 11.2 Å². The Bertz CT molecular complexity index is 1220. The zero-order valence-electron chi connectivity index (χ0n) is 17.3. The predicted molar refractivity (Wildman–Crippen MR) is 118 cm³/mol. The minimum atomic E-state index is -1.20. The van der Waals surface area contributed by atoms with Crippen molar-refractivity contribution >= 4 is 23.4 Å². The van der Waals surface area contributed by atoms with Gasteiger partial charge in [-0.25, -0.2) is 4.39 Å². The first-order chi connectivity index (χ1) is 15.3. The summed E-state index contributed by atoms with van der Waals surface area (Å²) in [6.07, 6.45) is 2.34. The summed E-state index contributed by atoms with van der Waals surface area (Å²) in [4.78, 5) is 32.1. The highest BCUT2D eigenvalue weighted by Gasteiger charge is 2.40. The zero-order chi connectivity index (χ0) is 23.0. The number of fused-ring (bicyclic) bond motifs is 1. The van der Waals surface area contributed by atoms with Crippen LogP contribution < -0.4 is 5.73 Å². The summed E-state index contributed by atoms with van der Waals surface area (Å²) < 4.78 is 14.6. The molecule has 4 rings (SSSR count). The lowest BCUT2D eigenvalue weighted by Crippen LogP contribution is -2.43. The molecule has 32 heavy (non-hydrogen) atoms. The second-order valence-corrected chi connectivity index (χ2v) is 8.19. The van der Waals surface area contributed by atoms with E-state index in [1.165, 1.54) is 23.1 Å². The molecule has 6 nitrogen and oxygen atoms in total. The van der Waals surface area contributed by atoms with Gasteiger partial charge in [0, 0.05) is 16.9 Å². The number of nitrogens with two attached hydrogens (primary N) is 1. The number of amides is 2. The number of aromatic hydroxyl groups is 1. The van der Waals surface area contributed by atoms with Crippen molar-refractivity contribution in [3.8, 4) is 5.75 Å². The van der Waals surface area contributed by atoms with Gasteiger partial charge in [-0.05, 0) is 72.9 Å². The number of phenols is 1. The van der Waals surface area contributed by atoms with E-state index in [0.29, 0.717) is 40.8 Å². The van der Waals surface area contributed by atoms with E-state index >= 15 is 0 Å². The summed E-state index contributed by atoms with van der Waals surface area (Å²) in [5.74, 6) is -1.77. The number of aryl methyl sites for hydroxylation is 1. The topological polar surface area (TPSA) is 96.5 Å². The van der Waals surface area contributed by atoms with Gasteiger partial charge in [-0.3, -0.25) is 14.6 Å².